The topological polar surface area (TPSA) is 58.6 Å². The van der Waals surface area contributed by atoms with E-state index in [1.54, 1.807) is 4.90 Å². The second-order valence-electron chi connectivity index (χ2n) is 7.58. The van der Waals surface area contributed by atoms with Gasteiger partial charge in [-0.05, 0) is 42.5 Å². The normalized spacial score (nSPS) is 15.7. The van der Waals surface area contributed by atoms with Gasteiger partial charge in [0.1, 0.15) is 11.8 Å². The highest BCUT2D eigenvalue weighted by Crippen LogP contribution is 2.35. The minimum Gasteiger partial charge on any atom is -0.493 e. The third-order valence-electron chi connectivity index (χ3n) is 4.97. The number of aryl methyl sites for hydroxylation is 1. The van der Waals surface area contributed by atoms with Gasteiger partial charge in [-0.15, -0.1) is 0 Å². The first-order chi connectivity index (χ1) is 13.4. The van der Waals surface area contributed by atoms with E-state index in [-0.39, 0.29) is 11.8 Å². The lowest BCUT2D eigenvalue weighted by molar-refractivity contribution is -0.126. The van der Waals surface area contributed by atoms with Crippen molar-refractivity contribution in [3.8, 4) is 5.75 Å². The maximum atomic E-state index is 12.8. The zero-order valence-electron chi connectivity index (χ0n) is 17.0. The van der Waals surface area contributed by atoms with Gasteiger partial charge in [0.15, 0.2) is 0 Å². The van der Waals surface area contributed by atoms with Crippen molar-refractivity contribution in [1.29, 1.82) is 0 Å². The predicted octanol–water partition coefficient (Wildman–Crippen LogP) is 4.11. The van der Waals surface area contributed by atoms with E-state index < -0.39 is 6.04 Å². The molecule has 28 heavy (non-hydrogen) atoms. The lowest BCUT2D eigenvalue weighted by Gasteiger charge is -2.19. The van der Waals surface area contributed by atoms with Crippen molar-refractivity contribution in [2.24, 2.45) is 0 Å². The molecule has 0 saturated carbocycles. The second kappa shape index (κ2) is 8.46. The van der Waals surface area contributed by atoms with E-state index in [1.807, 2.05) is 24.3 Å². The van der Waals surface area contributed by atoms with Crippen LogP contribution < -0.4 is 15.0 Å². The van der Waals surface area contributed by atoms with Crippen LogP contribution in [0.3, 0.4) is 0 Å². The summed E-state index contributed by atoms with van der Waals surface area (Å²) in [6.45, 7) is 8.87. The van der Waals surface area contributed by atoms with Crippen LogP contribution in [0.5, 0.6) is 5.75 Å². The molecule has 1 atom stereocenters. The lowest BCUT2D eigenvalue weighted by atomic mass is 10.0. The molecule has 1 N–H and O–H groups in total. The lowest BCUT2D eigenvalue weighted by Crippen LogP contribution is -2.37. The number of carbonyl (C=O) groups is 2. The van der Waals surface area contributed by atoms with Gasteiger partial charge in [-0.25, -0.2) is 0 Å². The maximum absolute atomic E-state index is 12.8. The molecule has 0 aliphatic carbocycles. The van der Waals surface area contributed by atoms with Crippen LogP contribution in [0.15, 0.2) is 42.5 Å². The van der Waals surface area contributed by atoms with Gasteiger partial charge in [0, 0.05) is 24.7 Å². The molecule has 148 valence electrons. The molecule has 0 spiro atoms. The minimum atomic E-state index is -0.598. The summed E-state index contributed by atoms with van der Waals surface area (Å²) in [7, 11) is 0. The van der Waals surface area contributed by atoms with Crippen LogP contribution in [-0.2, 0) is 9.59 Å². The highest BCUT2D eigenvalue weighted by molar-refractivity contribution is 6.06. The molecule has 5 nitrogen and oxygen atoms in total. The number of hydrogen-bond donors (Lipinski definition) is 1. The van der Waals surface area contributed by atoms with Gasteiger partial charge in [-0.3, -0.25) is 9.59 Å². The van der Waals surface area contributed by atoms with Gasteiger partial charge in [0.2, 0.25) is 5.91 Å². The summed E-state index contributed by atoms with van der Waals surface area (Å²) in [6.07, 6.45) is 0.707. The SMILES string of the molecule is CC(=O)N[C@H]1C(=O)N(CCCOc2cc(C)ccc2C(C)C)c2ccccc21. The highest BCUT2D eigenvalue weighted by atomic mass is 16.5. The van der Waals surface area contributed by atoms with Crippen LogP contribution in [0.25, 0.3) is 0 Å². The Morgan fingerprint density at radius 3 is 2.68 bits per heavy atom. The van der Waals surface area contributed by atoms with E-state index in [4.69, 9.17) is 4.74 Å². The first-order valence-electron chi connectivity index (χ1n) is 9.79. The van der Waals surface area contributed by atoms with E-state index >= 15 is 0 Å². The van der Waals surface area contributed by atoms with Crippen molar-refractivity contribution in [2.45, 2.75) is 46.1 Å². The molecule has 5 heteroatoms. The van der Waals surface area contributed by atoms with Gasteiger partial charge in [-0.1, -0.05) is 44.2 Å². The Hall–Kier alpha value is -2.82. The molecule has 1 heterocycles. The first kappa shape index (κ1) is 19.9. The van der Waals surface area contributed by atoms with Crippen molar-refractivity contribution in [3.63, 3.8) is 0 Å². The van der Waals surface area contributed by atoms with E-state index in [2.05, 4.69) is 44.3 Å². The maximum Gasteiger partial charge on any atom is 0.254 e. The van der Waals surface area contributed by atoms with Crippen molar-refractivity contribution in [1.82, 2.24) is 5.32 Å². The molecule has 1 aliphatic rings. The van der Waals surface area contributed by atoms with Crippen LogP contribution >= 0.6 is 0 Å². The Morgan fingerprint density at radius 2 is 1.96 bits per heavy atom. The quantitative estimate of drug-likeness (QED) is 0.736. The molecule has 1 aliphatic heterocycles. The zero-order chi connectivity index (χ0) is 20.3. The molecular weight excluding hydrogens is 352 g/mol. The molecule has 0 unspecified atom stereocenters. The van der Waals surface area contributed by atoms with E-state index in [9.17, 15) is 9.59 Å². The van der Waals surface area contributed by atoms with Gasteiger partial charge in [-0.2, -0.15) is 0 Å². The summed E-state index contributed by atoms with van der Waals surface area (Å²) in [5.41, 5.74) is 4.08. The number of rotatable bonds is 7. The first-order valence-corrected chi connectivity index (χ1v) is 9.79. The fraction of sp³-hybridized carbons (Fsp3) is 0.391. The zero-order valence-corrected chi connectivity index (χ0v) is 17.0. The summed E-state index contributed by atoms with van der Waals surface area (Å²) < 4.78 is 6.05. The van der Waals surface area contributed by atoms with Gasteiger partial charge in [0.25, 0.3) is 5.91 Å². The number of nitrogens with one attached hydrogen (secondary N) is 1. The molecule has 3 rings (SSSR count). The van der Waals surface area contributed by atoms with Crippen LogP contribution in [0.2, 0.25) is 0 Å². The number of para-hydroxylation sites is 1. The predicted molar refractivity (Wildman–Crippen MR) is 111 cm³/mol. The number of anilines is 1. The fourth-order valence-corrected chi connectivity index (χ4v) is 3.61. The van der Waals surface area contributed by atoms with Crippen molar-refractivity contribution in [3.05, 3.63) is 59.2 Å². The van der Waals surface area contributed by atoms with Gasteiger partial charge in [0.05, 0.1) is 6.61 Å². The van der Waals surface area contributed by atoms with Crippen LogP contribution in [0.4, 0.5) is 5.69 Å². The largest absolute Gasteiger partial charge is 0.493 e. The Balaban J connectivity index is 1.65. The number of amides is 2. The number of benzene rings is 2. The van der Waals surface area contributed by atoms with Crippen LogP contribution in [0.1, 0.15) is 55.8 Å². The summed E-state index contributed by atoms with van der Waals surface area (Å²) in [6, 6.07) is 13.3. The second-order valence-corrected chi connectivity index (χ2v) is 7.58. The highest BCUT2D eigenvalue weighted by Gasteiger charge is 2.37. The molecule has 2 aromatic carbocycles. The molecule has 0 saturated heterocycles. The number of fused-ring (bicyclic) bond motifs is 1. The van der Waals surface area contributed by atoms with Crippen molar-refractivity contribution in [2.75, 3.05) is 18.1 Å². The van der Waals surface area contributed by atoms with E-state index in [0.717, 1.165) is 17.0 Å². The molecule has 2 aromatic rings. The monoisotopic (exact) mass is 380 g/mol. The Kier molecular flexibility index (Phi) is 6.02. The standard InChI is InChI=1S/C23H28N2O3/c1-15(2)18-11-10-16(3)14-21(18)28-13-7-12-25-20-9-6-5-8-19(20)22(23(25)27)24-17(4)26/h5-6,8-11,14-15,22H,7,12-13H2,1-4H3,(H,24,26)/t22-/m1/s1. The number of carbonyl (C=O) groups excluding carboxylic acids is 2. The summed E-state index contributed by atoms with van der Waals surface area (Å²) >= 11 is 0. The molecule has 0 radical (unpaired) electrons. The molecule has 2 amide bonds. The van der Waals surface area contributed by atoms with Crippen molar-refractivity contribution >= 4 is 17.5 Å². The Bertz CT molecular complexity index is 876. The van der Waals surface area contributed by atoms with Crippen LogP contribution in [0, 0.1) is 6.92 Å². The van der Waals surface area contributed by atoms with E-state index in [0.29, 0.717) is 25.5 Å². The Labute approximate surface area is 166 Å². The molecule has 0 bridgehead atoms. The Morgan fingerprint density at radius 1 is 1.21 bits per heavy atom. The smallest absolute Gasteiger partial charge is 0.254 e. The van der Waals surface area contributed by atoms with Gasteiger partial charge >= 0.3 is 0 Å². The van der Waals surface area contributed by atoms with Crippen molar-refractivity contribution < 1.29 is 14.3 Å². The van der Waals surface area contributed by atoms with Crippen LogP contribution in [-0.4, -0.2) is 25.0 Å². The molecular formula is C23H28N2O3. The fourth-order valence-electron chi connectivity index (χ4n) is 3.61. The average Bonchev–Trinajstić information content (AvgIpc) is 2.90. The minimum absolute atomic E-state index is 0.0881. The molecule has 0 fully saturated rings. The summed E-state index contributed by atoms with van der Waals surface area (Å²) in [5, 5.41) is 2.76. The number of hydrogen-bond acceptors (Lipinski definition) is 3. The van der Waals surface area contributed by atoms with Gasteiger partial charge < -0.3 is 15.0 Å². The third-order valence-corrected chi connectivity index (χ3v) is 4.97. The summed E-state index contributed by atoms with van der Waals surface area (Å²) in [4.78, 5) is 26.1. The third kappa shape index (κ3) is 4.19. The summed E-state index contributed by atoms with van der Waals surface area (Å²) in [5.74, 6) is 1.01. The average molecular weight is 380 g/mol. The van der Waals surface area contributed by atoms with E-state index in [1.165, 1.54) is 18.1 Å². The number of ether oxygens (including phenoxy) is 1. The number of nitrogens with zero attached hydrogens (tertiary/aromatic N) is 1. The molecule has 0 aromatic heterocycles.